The molecular weight excluding hydrogens is 270 g/mol. The van der Waals surface area contributed by atoms with Crippen LogP contribution >= 0.6 is 0 Å². The molecule has 0 aliphatic heterocycles. The van der Waals surface area contributed by atoms with Gasteiger partial charge in [-0.15, -0.1) is 0 Å². The van der Waals surface area contributed by atoms with E-state index in [2.05, 4.69) is 38.3 Å². The third-order valence-electron chi connectivity index (χ3n) is 3.81. The highest BCUT2D eigenvalue weighted by Gasteiger charge is 2.21. The largest absolute Gasteiger partial charge is 0.265 e. The minimum atomic E-state index is 0.0628. The average Bonchev–Trinajstić information content (AvgIpc) is 2.93. The van der Waals surface area contributed by atoms with Crippen LogP contribution in [0, 0.1) is 11.3 Å². The maximum atomic E-state index is 8.97. The number of aryl methyl sites for hydroxylation is 1. The van der Waals surface area contributed by atoms with Crippen LogP contribution in [0.4, 0.5) is 0 Å². The van der Waals surface area contributed by atoms with E-state index in [4.69, 9.17) is 10.4 Å². The van der Waals surface area contributed by atoms with Gasteiger partial charge in [-0.2, -0.15) is 10.4 Å². The molecule has 1 atom stereocenters. The Kier molecular flexibility index (Phi) is 5.32. The van der Waals surface area contributed by atoms with Gasteiger partial charge in [0.1, 0.15) is 0 Å². The Labute approximate surface area is 131 Å². The lowest BCUT2D eigenvalue weighted by Crippen LogP contribution is -2.04. The van der Waals surface area contributed by atoms with Crippen LogP contribution in [0.2, 0.25) is 0 Å². The van der Waals surface area contributed by atoms with E-state index >= 15 is 0 Å². The molecule has 112 valence electrons. The average molecular weight is 291 g/mol. The monoisotopic (exact) mass is 291 g/mol. The number of allylic oxidation sites excluding steroid dienone is 4. The molecule has 0 spiro atoms. The van der Waals surface area contributed by atoms with Crippen molar-refractivity contribution in [3.63, 3.8) is 0 Å². The highest BCUT2D eigenvalue weighted by atomic mass is 15.3. The van der Waals surface area contributed by atoms with Crippen LogP contribution in [-0.2, 0) is 6.54 Å². The highest BCUT2D eigenvalue weighted by Crippen LogP contribution is 2.34. The number of para-hydroxylation sites is 1. The molecule has 0 N–H and O–H groups in total. The maximum Gasteiger partial charge on any atom is 0.0778 e. The number of hydrogen-bond acceptors (Lipinski definition) is 2. The van der Waals surface area contributed by atoms with E-state index in [0.29, 0.717) is 6.42 Å². The molecule has 2 aromatic rings. The van der Waals surface area contributed by atoms with Gasteiger partial charge in [-0.1, -0.05) is 49.6 Å². The van der Waals surface area contributed by atoms with Crippen LogP contribution in [0.5, 0.6) is 0 Å². The summed E-state index contributed by atoms with van der Waals surface area (Å²) in [6.07, 6.45) is 6.76. The number of nitrogens with zero attached hydrogens (tertiary/aromatic N) is 3. The number of nitriles is 1. The molecule has 1 aromatic carbocycles. The predicted molar refractivity (Wildman–Crippen MR) is 91.5 cm³/mol. The van der Waals surface area contributed by atoms with E-state index in [1.54, 1.807) is 6.08 Å². The van der Waals surface area contributed by atoms with Gasteiger partial charge in [-0.05, 0) is 25.0 Å². The number of aromatic nitrogens is 2. The molecule has 1 unspecified atom stereocenters. The summed E-state index contributed by atoms with van der Waals surface area (Å²) in [6, 6.07) is 10.5. The molecule has 3 heteroatoms. The lowest BCUT2D eigenvalue weighted by molar-refractivity contribution is 0.636. The molecule has 2 rings (SSSR count). The second kappa shape index (κ2) is 7.42. The summed E-state index contributed by atoms with van der Waals surface area (Å²) in [4.78, 5) is 0. The van der Waals surface area contributed by atoms with Gasteiger partial charge in [0.15, 0.2) is 0 Å². The van der Waals surface area contributed by atoms with Crippen molar-refractivity contribution in [1.29, 1.82) is 5.26 Å². The molecule has 1 heterocycles. The Hall–Kier alpha value is -2.60. The van der Waals surface area contributed by atoms with Gasteiger partial charge in [0, 0.05) is 24.3 Å². The molecule has 0 bridgehead atoms. The second-order valence-electron chi connectivity index (χ2n) is 5.07. The molecule has 0 amide bonds. The Bertz CT molecular complexity index is 744. The molecule has 1 aromatic heterocycles. The Morgan fingerprint density at radius 2 is 2.18 bits per heavy atom. The normalized spacial score (nSPS) is 12.8. The molecule has 3 nitrogen and oxygen atoms in total. The van der Waals surface area contributed by atoms with Crippen molar-refractivity contribution in [1.82, 2.24) is 9.78 Å². The number of rotatable bonds is 7. The molecule has 0 aliphatic carbocycles. The first-order valence-electron chi connectivity index (χ1n) is 7.54. The minimum absolute atomic E-state index is 0.0628. The van der Waals surface area contributed by atoms with E-state index in [1.807, 2.05) is 29.0 Å². The minimum Gasteiger partial charge on any atom is -0.265 e. The zero-order valence-electron chi connectivity index (χ0n) is 13.0. The smallest absolute Gasteiger partial charge is 0.0778 e. The topological polar surface area (TPSA) is 41.6 Å². The summed E-state index contributed by atoms with van der Waals surface area (Å²) in [5.74, 6) is 0.0628. The summed E-state index contributed by atoms with van der Waals surface area (Å²) in [5, 5.41) is 14.9. The van der Waals surface area contributed by atoms with Crippen molar-refractivity contribution < 1.29 is 0 Å². The van der Waals surface area contributed by atoms with Gasteiger partial charge in [-0.3, -0.25) is 4.68 Å². The van der Waals surface area contributed by atoms with Crippen molar-refractivity contribution in [3.05, 3.63) is 66.9 Å². The molecule has 0 saturated carbocycles. The van der Waals surface area contributed by atoms with Gasteiger partial charge in [-0.25, -0.2) is 0 Å². The number of fused-ring (bicyclic) bond motifs is 1. The van der Waals surface area contributed by atoms with Gasteiger partial charge >= 0.3 is 0 Å². The molecule has 22 heavy (non-hydrogen) atoms. The first kappa shape index (κ1) is 15.8. The lowest BCUT2D eigenvalue weighted by Gasteiger charge is -2.15. The Morgan fingerprint density at radius 3 is 2.82 bits per heavy atom. The van der Waals surface area contributed by atoms with Gasteiger partial charge in [0.05, 0.1) is 17.3 Å². The van der Waals surface area contributed by atoms with Crippen molar-refractivity contribution in [2.24, 2.45) is 0 Å². The zero-order chi connectivity index (χ0) is 15.9. The molecule has 0 saturated heterocycles. The van der Waals surface area contributed by atoms with E-state index in [0.717, 1.165) is 35.1 Å². The lowest BCUT2D eigenvalue weighted by atomic mass is 9.89. The van der Waals surface area contributed by atoms with E-state index in [9.17, 15) is 0 Å². The summed E-state index contributed by atoms with van der Waals surface area (Å²) >= 11 is 0. The second-order valence-corrected chi connectivity index (χ2v) is 5.07. The number of benzene rings is 1. The van der Waals surface area contributed by atoms with Crippen LogP contribution < -0.4 is 0 Å². The number of hydrogen-bond donors (Lipinski definition) is 0. The molecular formula is C19H21N3. The van der Waals surface area contributed by atoms with Crippen LogP contribution in [0.25, 0.3) is 10.9 Å². The fraction of sp³-hybridized carbons (Fsp3) is 0.263. The van der Waals surface area contributed by atoms with Crippen molar-refractivity contribution in [3.8, 4) is 6.07 Å². The molecule has 0 radical (unpaired) electrons. The van der Waals surface area contributed by atoms with E-state index in [1.165, 1.54) is 0 Å². The van der Waals surface area contributed by atoms with Crippen LogP contribution in [0.3, 0.4) is 0 Å². The zero-order valence-corrected chi connectivity index (χ0v) is 13.0. The molecule has 0 fully saturated rings. The third kappa shape index (κ3) is 3.01. The summed E-state index contributed by atoms with van der Waals surface area (Å²) in [5.41, 5.74) is 3.20. The fourth-order valence-corrected chi connectivity index (χ4v) is 2.78. The van der Waals surface area contributed by atoms with Crippen LogP contribution in [0.1, 0.15) is 31.4 Å². The first-order valence-corrected chi connectivity index (χ1v) is 7.54. The van der Waals surface area contributed by atoms with Crippen molar-refractivity contribution in [2.45, 2.75) is 32.2 Å². The van der Waals surface area contributed by atoms with Gasteiger partial charge < -0.3 is 0 Å². The maximum absolute atomic E-state index is 8.97. The standard InChI is InChI=1S/C19H21N3/c1-4-10-15(5-2)16(12-9-14-20)19-17-11-7-8-13-18(17)22(6-3)21-19/h4-5,7-8,10-11,13,16H,1-2,6,9,12H2,3H3/b15-10+. The quantitative estimate of drug-likeness (QED) is 0.691. The third-order valence-corrected chi connectivity index (χ3v) is 3.81. The first-order chi connectivity index (χ1) is 10.8. The summed E-state index contributed by atoms with van der Waals surface area (Å²) < 4.78 is 2.01. The summed E-state index contributed by atoms with van der Waals surface area (Å²) in [6.45, 7) is 10.6. The van der Waals surface area contributed by atoms with Crippen molar-refractivity contribution >= 4 is 10.9 Å². The van der Waals surface area contributed by atoms with Crippen LogP contribution in [-0.4, -0.2) is 9.78 Å². The van der Waals surface area contributed by atoms with E-state index < -0.39 is 0 Å². The summed E-state index contributed by atoms with van der Waals surface area (Å²) in [7, 11) is 0. The van der Waals surface area contributed by atoms with Gasteiger partial charge in [0.25, 0.3) is 0 Å². The Morgan fingerprint density at radius 1 is 1.41 bits per heavy atom. The highest BCUT2D eigenvalue weighted by molar-refractivity contribution is 5.83. The van der Waals surface area contributed by atoms with Crippen LogP contribution in [0.15, 0.2) is 61.2 Å². The molecule has 0 aliphatic rings. The van der Waals surface area contributed by atoms with Crippen molar-refractivity contribution in [2.75, 3.05) is 0 Å². The van der Waals surface area contributed by atoms with Gasteiger partial charge in [0.2, 0.25) is 0 Å². The fourth-order valence-electron chi connectivity index (χ4n) is 2.78. The Balaban J connectivity index is 2.61. The van der Waals surface area contributed by atoms with E-state index in [-0.39, 0.29) is 5.92 Å². The predicted octanol–water partition coefficient (Wildman–Crippen LogP) is 4.74. The SMILES string of the molecule is C=C/C=C(\C=C)C(CCC#N)c1nn(CC)c2ccccc12.